The summed E-state index contributed by atoms with van der Waals surface area (Å²) in [5.41, 5.74) is 0.901. The van der Waals surface area contributed by atoms with E-state index in [-0.39, 0.29) is 5.82 Å². The first-order chi connectivity index (χ1) is 12.9. The van der Waals surface area contributed by atoms with Crippen molar-refractivity contribution in [2.24, 2.45) is 0 Å². The van der Waals surface area contributed by atoms with Crippen LogP contribution >= 0.6 is 17.9 Å². The number of rotatable bonds is 6. The molecule has 0 aliphatic carbocycles. The Morgan fingerprint density at radius 3 is 2.11 bits per heavy atom. The number of hydrogen-bond donors (Lipinski definition) is 1. The Bertz CT molecular complexity index is 810. The fourth-order valence-corrected chi connectivity index (χ4v) is 7.12. The molecule has 28 heavy (non-hydrogen) atoms. The van der Waals surface area contributed by atoms with E-state index in [1.807, 2.05) is 6.07 Å². The van der Waals surface area contributed by atoms with Gasteiger partial charge >= 0.3 is 28.7 Å². The zero-order chi connectivity index (χ0) is 21.7. The van der Waals surface area contributed by atoms with Crippen LogP contribution in [0.3, 0.4) is 0 Å². The van der Waals surface area contributed by atoms with Crippen molar-refractivity contribution in [2.75, 3.05) is 7.05 Å². The van der Waals surface area contributed by atoms with Crippen LogP contribution in [0.4, 0.5) is 4.39 Å². The molecule has 2 aromatic rings. The van der Waals surface area contributed by atoms with Gasteiger partial charge in [0.1, 0.15) is 11.6 Å². The van der Waals surface area contributed by atoms with E-state index in [0.717, 1.165) is 21.4 Å². The van der Waals surface area contributed by atoms with E-state index in [9.17, 15) is 9.50 Å². The molecule has 0 radical (unpaired) electrons. The van der Waals surface area contributed by atoms with Crippen LogP contribution in [0.25, 0.3) is 5.32 Å². The van der Waals surface area contributed by atoms with Gasteiger partial charge in [-0.05, 0) is 22.6 Å². The van der Waals surface area contributed by atoms with Gasteiger partial charge in [-0.3, -0.25) is 0 Å². The molecule has 0 spiro atoms. The molecule has 0 bridgehead atoms. The van der Waals surface area contributed by atoms with Crippen molar-refractivity contribution in [1.82, 2.24) is 0 Å². The fourth-order valence-electron chi connectivity index (χ4n) is 2.86. The molecule has 1 atom stereocenters. The van der Waals surface area contributed by atoms with Gasteiger partial charge in [-0.2, -0.15) is 7.05 Å². The Balaban J connectivity index is 0.00000190. The second-order valence-electron chi connectivity index (χ2n) is 8.82. The van der Waals surface area contributed by atoms with Gasteiger partial charge in [-0.15, -0.1) is 6.54 Å². The first kappa shape index (κ1) is 26.0. The van der Waals surface area contributed by atoms with Gasteiger partial charge in [0.25, 0.3) is 0 Å². The summed E-state index contributed by atoms with van der Waals surface area (Å²) in [5, 5.41) is 19.7. The molecule has 0 saturated carbocycles. The molecular formula is C20H30ClFNOPSi2Ti. The van der Waals surface area contributed by atoms with Crippen LogP contribution in [0, 0.1) is 5.82 Å². The molecular weight excluding hydrogens is 460 g/mol. The van der Waals surface area contributed by atoms with Crippen molar-refractivity contribution in [1.29, 1.82) is 0 Å². The Hall–Kier alpha value is -0.00195. The van der Waals surface area contributed by atoms with E-state index < -0.39 is 16.1 Å². The maximum absolute atomic E-state index is 13.7. The number of halogens is 2. The Labute approximate surface area is 188 Å². The van der Waals surface area contributed by atoms with Crippen molar-refractivity contribution >= 4 is 55.0 Å². The molecule has 0 aliphatic rings. The third-order valence-electron chi connectivity index (χ3n) is 4.45. The van der Waals surface area contributed by atoms with E-state index >= 15 is 0 Å². The summed E-state index contributed by atoms with van der Waals surface area (Å²) in [6.45, 7) is 14.3. The van der Waals surface area contributed by atoms with Gasteiger partial charge in [0.15, 0.2) is 0 Å². The number of aromatic hydroxyl groups is 1. The quantitative estimate of drug-likeness (QED) is 0.472. The maximum atomic E-state index is 13.7. The second-order valence-corrected chi connectivity index (χ2v) is 20.3. The summed E-state index contributed by atoms with van der Waals surface area (Å²) >= 11 is 1.47. The molecule has 0 saturated heterocycles. The molecule has 1 unspecified atom stereocenters. The molecule has 0 fully saturated rings. The zero-order valence-corrected chi connectivity index (χ0v) is 23.1. The molecule has 2 aromatic carbocycles. The minimum atomic E-state index is -1.68. The monoisotopic (exact) mass is 489 g/mol. The van der Waals surface area contributed by atoms with Gasteiger partial charge in [0.05, 0.1) is 16.1 Å². The third-order valence-corrected chi connectivity index (χ3v) is 9.87. The van der Waals surface area contributed by atoms with Crippen LogP contribution in [0.1, 0.15) is 5.56 Å². The number of nitrogens with zero attached hydrogens (tertiary/aromatic N) is 1. The SMILES string of the molecule is C[N-]Cc1cc(F)ccc1Pc1cc([Si](C)(C)C)cc([Si](C)(C)C)c1O.[Cl][Ti+]. The first-order valence-corrected chi connectivity index (χ1v) is 19.3. The summed E-state index contributed by atoms with van der Waals surface area (Å²) in [4.78, 5) is 0. The number of phenols is 1. The van der Waals surface area contributed by atoms with Crippen LogP contribution in [0.15, 0.2) is 30.3 Å². The summed E-state index contributed by atoms with van der Waals surface area (Å²) < 4.78 is 13.7. The zero-order valence-electron chi connectivity index (χ0n) is 17.7. The van der Waals surface area contributed by atoms with Crippen molar-refractivity contribution in [2.45, 2.75) is 45.8 Å². The molecule has 0 aromatic heterocycles. The van der Waals surface area contributed by atoms with Crippen molar-refractivity contribution < 1.29 is 28.9 Å². The summed E-state index contributed by atoms with van der Waals surface area (Å²) in [7, 11) is 3.49. The van der Waals surface area contributed by atoms with Gasteiger partial charge in [0.2, 0.25) is 0 Å². The number of benzene rings is 2. The van der Waals surface area contributed by atoms with E-state index in [0.29, 0.717) is 20.9 Å². The second kappa shape index (κ2) is 10.9. The van der Waals surface area contributed by atoms with Crippen molar-refractivity contribution in [3.8, 4) is 5.75 Å². The van der Waals surface area contributed by atoms with Gasteiger partial charge in [-0.25, -0.2) is 4.39 Å². The average molecular weight is 490 g/mol. The molecule has 2 nitrogen and oxygen atoms in total. The third kappa shape index (κ3) is 7.05. The van der Waals surface area contributed by atoms with E-state index in [4.69, 9.17) is 0 Å². The van der Waals surface area contributed by atoms with Crippen LogP contribution in [0.5, 0.6) is 5.75 Å². The summed E-state index contributed by atoms with van der Waals surface area (Å²) in [6, 6.07) is 9.33. The van der Waals surface area contributed by atoms with Crippen molar-refractivity contribution in [3.05, 3.63) is 47.0 Å². The molecule has 8 heteroatoms. The fraction of sp³-hybridized carbons (Fsp3) is 0.400. The summed E-state index contributed by atoms with van der Waals surface area (Å²) in [5.74, 6) is 0.202. The van der Waals surface area contributed by atoms with Gasteiger partial charge in [-0.1, -0.05) is 76.8 Å². The minimum absolute atomic E-state index is 0.236. The van der Waals surface area contributed by atoms with Crippen LogP contribution in [-0.2, 0) is 25.9 Å². The Kier molecular flexibility index (Phi) is 10.1. The number of phenolic OH excluding ortho intramolecular Hbond substituents is 1. The summed E-state index contributed by atoms with van der Waals surface area (Å²) in [6.07, 6.45) is 0. The molecule has 2 rings (SSSR count). The normalized spacial score (nSPS) is 12.1. The van der Waals surface area contributed by atoms with Gasteiger partial charge in [0, 0.05) is 5.30 Å². The molecule has 0 heterocycles. The first-order valence-electron chi connectivity index (χ1n) is 9.11. The average Bonchev–Trinajstić information content (AvgIpc) is 2.59. The van der Waals surface area contributed by atoms with Crippen molar-refractivity contribution in [3.63, 3.8) is 0 Å². The van der Waals surface area contributed by atoms with Crippen LogP contribution < -0.4 is 21.0 Å². The molecule has 152 valence electrons. The van der Waals surface area contributed by atoms with E-state index in [1.165, 1.54) is 30.6 Å². The van der Waals surface area contributed by atoms with E-state index in [2.05, 4.69) is 66.0 Å². The Morgan fingerprint density at radius 1 is 1.00 bits per heavy atom. The van der Waals surface area contributed by atoms with Gasteiger partial charge < -0.3 is 10.4 Å². The predicted octanol–water partition coefficient (Wildman–Crippen LogP) is 4.44. The topological polar surface area (TPSA) is 34.3 Å². The van der Waals surface area contributed by atoms with Crippen LogP contribution in [0.2, 0.25) is 39.3 Å². The Morgan fingerprint density at radius 2 is 1.61 bits per heavy atom. The molecule has 0 amide bonds. The predicted molar refractivity (Wildman–Crippen MR) is 127 cm³/mol. The van der Waals surface area contributed by atoms with Crippen LogP contribution in [-0.4, -0.2) is 28.3 Å². The van der Waals surface area contributed by atoms with E-state index in [1.54, 1.807) is 13.1 Å². The molecule has 1 N–H and O–H groups in total. The molecule has 0 aliphatic heterocycles. The standard InChI is InChI=1S/C20H30FNOPSi2.ClH.Ti/c1-22-13-14-10-15(21)8-9-17(14)24-18-11-16(25(2,3)4)12-19(20(18)23)26(5,6)7;;/h8-12,23-24H,13H2,1-7H3;1H;/q-1;;+2/p-1. The number of hydrogen-bond acceptors (Lipinski definition) is 1.